The Hall–Kier alpha value is -4.52. The van der Waals surface area contributed by atoms with Gasteiger partial charge in [-0.25, -0.2) is 4.79 Å². The second-order valence-corrected chi connectivity index (χ2v) is 12.9. The second-order valence-electron chi connectivity index (χ2n) is 12.9. The number of nitrogens with zero attached hydrogens (tertiary/aromatic N) is 2. The van der Waals surface area contributed by atoms with Crippen molar-refractivity contribution in [3.63, 3.8) is 0 Å². The van der Waals surface area contributed by atoms with Crippen LogP contribution in [0.5, 0.6) is 11.5 Å². The first kappa shape index (κ1) is 39.9. The highest BCUT2D eigenvalue weighted by molar-refractivity contribution is 5.94. The van der Waals surface area contributed by atoms with Gasteiger partial charge < -0.3 is 14.2 Å². The van der Waals surface area contributed by atoms with Crippen LogP contribution in [0.3, 0.4) is 0 Å². The molecule has 0 N–H and O–H groups in total. The summed E-state index contributed by atoms with van der Waals surface area (Å²) in [6, 6.07) is 24.0. The number of hydrogen-bond donors (Lipinski definition) is 0. The summed E-state index contributed by atoms with van der Waals surface area (Å²) in [5.74, 6) is 1.61. The predicted molar refractivity (Wildman–Crippen MR) is 204 cm³/mol. The van der Waals surface area contributed by atoms with Gasteiger partial charge in [0.05, 0.1) is 31.2 Å². The van der Waals surface area contributed by atoms with E-state index in [0.29, 0.717) is 30.8 Å². The van der Waals surface area contributed by atoms with Crippen molar-refractivity contribution in [1.29, 1.82) is 0 Å². The Balaban J connectivity index is 1.25. The highest BCUT2D eigenvalue weighted by Crippen LogP contribution is 2.27. The van der Waals surface area contributed by atoms with Crippen LogP contribution in [0.4, 0.5) is 11.4 Å². The molecule has 7 heteroatoms. The number of carbonyl (C=O) groups excluding carboxylic acids is 2. The number of allylic oxidation sites excluding steroid dienone is 1. The predicted octanol–water partition coefficient (Wildman–Crippen LogP) is 12.3. The van der Waals surface area contributed by atoms with Crippen LogP contribution >= 0.6 is 0 Å². The van der Waals surface area contributed by atoms with Gasteiger partial charge in [-0.05, 0) is 105 Å². The molecule has 0 bridgehead atoms. The van der Waals surface area contributed by atoms with E-state index < -0.39 is 0 Å². The van der Waals surface area contributed by atoms with E-state index in [1.54, 1.807) is 13.8 Å². The molecule has 0 saturated heterocycles. The second kappa shape index (κ2) is 23.8. The molecule has 50 heavy (non-hydrogen) atoms. The Morgan fingerprint density at radius 2 is 0.880 bits per heavy atom. The van der Waals surface area contributed by atoms with Gasteiger partial charge >= 0.3 is 5.97 Å². The highest BCUT2D eigenvalue weighted by atomic mass is 16.5. The minimum atomic E-state index is -0.305. The van der Waals surface area contributed by atoms with Crippen LogP contribution in [0, 0.1) is 0 Å². The van der Waals surface area contributed by atoms with Crippen molar-refractivity contribution in [1.82, 2.24) is 0 Å². The van der Waals surface area contributed by atoms with Crippen LogP contribution in [-0.2, 0) is 14.3 Å². The molecule has 7 nitrogen and oxygen atoms in total. The largest absolute Gasteiger partial charge is 0.494 e. The number of carbonyl (C=O) groups is 2. The average Bonchev–Trinajstić information content (AvgIpc) is 3.13. The van der Waals surface area contributed by atoms with E-state index in [1.807, 2.05) is 48.5 Å². The van der Waals surface area contributed by atoms with E-state index in [0.717, 1.165) is 105 Å². The first-order valence-electron chi connectivity index (χ1n) is 18.3. The zero-order valence-electron chi connectivity index (χ0n) is 30.3. The molecule has 0 aliphatic carbocycles. The van der Waals surface area contributed by atoms with Gasteiger partial charge in [0, 0.05) is 12.0 Å². The normalized spacial score (nSPS) is 11.0. The molecule has 3 aromatic carbocycles. The van der Waals surface area contributed by atoms with Crippen LogP contribution < -0.4 is 9.47 Å². The molecule has 0 unspecified atom stereocenters. The average molecular weight is 681 g/mol. The Bertz CT molecular complexity index is 1480. The van der Waals surface area contributed by atoms with Crippen molar-refractivity contribution in [3.8, 4) is 22.6 Å². The minimum Gasteiger partial charge on any atom is -0.494 e. The van der Waals surface area contributed by atoms with E-state index in [-0.39, 0.29) is 11.8 Å². The van der Waals surface area contributed by atoms with E-state index in [9.17, 15) is 9.59 Å². The van der Waals surface area contributed by atoms with Crippen LogP contribution in [-0.4, -0.2) is 31.6 Å². The quantitative estimate of drug-likeness (QED) is 0.0364. The maximum Gasteiger partial charge on any atom is 0.333 e. The summed E-state index contributed by atoms with van der Waals surface area (Å²) >= 11 is 0. The molecule has 0 spiro atoms. The zero-order chi connectivity index (χ0) is 35.8. The number of rotatable bonds is 26. The molecule has 0 radical (unpaired) electrons. The van der Waals surface area contributed by atoms with E-state index >= 15 is 0 Å². The van der Waals surface area contributed by atoms with Gasteiger partial charge in [0.25, 0.3) is 0 Å². The van der Waals surface area contributed by atoms with Crippen molar-refractivity contribution in [3.05, 3.63) is 97.1 Å². The maximum atomic E-state index is 11.6. The molecule has 0 aliphatic heterocycles. The molecular weight excluding hydrogens is 624 g/mol. The monoisotopic (exact) mass is 680 g/mol. The molecule has 0 saturated carbocycles. The molecule has 3 rings (SSSR count). The molecule has 0 aliphatic rings. The number of ketones is 1. The number of Topliss-reactive ketones (excluding diaryl/α,β-unsaturated/α-hetero) is 1. The van der Waals surface area contributed by atoms with E-state index in [4.69, 9.17) is 14.2 Å². The van der Waals surface area contributed by atoms with Crippen molar-refractivity contribution in [2.75, 3.05) is 19.8 Å². The molecule has 0 heterocycles. The molecular formula is C43H56N2O5. The summed E-state index contributed by atoms with van der Waals surface area (Å²) in [5.41, 5.74) is 4.92. The van der Waals surface area contributed by atoms with Crippen LogP contribution in [0.2, 0.25) is 0 Å². The third-order valence-electron chi connectivity index (χ3n) is 8.35. The fraction of sp³-hybridized carbons (Fsp3) is 0.442. The van der Waals surface area contributed by atoms with Crippen molar-refractivity contribution in [2.45, 2.75) is 104 Å². The Morgan fingerprint density at radius 1 is 0.500 bits per heavy atom. The summed E-state index contributed by atoms with van der Waals surface area (Å²) in [6.07, 6.45) is 14.9. The van der Waals surface area contributed by atoms with Gasteiger partial charge in [0.1, 0.15) is 11.5 Å². The summed E-state index contributed by atoms with van der Waals surface area (Å²) in [6.45, 7) is 12.6. The zero-order valence-corrected chi connectivity index (χ0v) is 30.3. The molecule has 3 aromatic rings. The van der Waals surface area contributed by atoms with Gasteiger partial charge in [-0.15, -0.1) is 0 Å². The first-order chi connectivity index (χ1) is 24.3. The lowest BCUT2D eigenvalue weighted by atomic mass is 10.0. The summed E-state index contributed by atoms with van der Waals surface area (Å²) in [7, 11) is 0. The Kier molecular flexibility index (Phi) is 19.0. The molecule has 0 aromatic heterocycles. The lowest BCUT2D eigenvalue weighted by Gasteiger charge is -2.08. The standard InChI is InChI=1S/C43H56N2O5/c1-34(2)42(46)18-14-10-6-5-7-11-15-31-48-40-27-21-37(22-28-40)36-19-23-38(24-20-36)44-45-39-25-29-41(30-26-39)49-32-16-12-8-9-13-17-33-50-43(47)35(3)4/h19-30H,1,3,5-18,31-33H2,2,4H3. The molecule has 0 amide bonds. The van der Waals surface area contributed by atoms with Gasteiger partial charge in [-0.3, -0.25) is 4.79 Å². The number of ether oxygens (including phenoxy) is 3. The van der Waals surface area contributed by atoms with E-state index in [1.165, 1.54) is 19.3 Å². The number of esters is 1. The number of unbranched alkanes of at least 4 members (excludes halogenated alkanes) is 11. The summed E-state index contributed by atoms with van der Waals surface area (Å²) < 4.78 is 17.0. The lowest BCUT2D eigenvalue weighted by Crippen LogP contribution is -2.06. The SMILES string of the molecule is C=C(C)C(=O)CCCCCCCCCOc1ccc(-c2ccc(N=Nc3ccc(OCCCCCCCCOC(=O)C(=C)C)cc3)cc2)cc1. The maximum absolute atomic E-state index is 11.6. The van der Waals surface area contributed by atoms with Crippen LogP contribution in [0.15, 0.2) is 107 Å². The minimum absolute atomic E-state index is 0.196. The molecule has 268 valence electrons. The lowest BCUT2D eigenvalue weighted by molar-refractivity contribution is -0.139. The molecule has 0 fully saturated rings. The van der Waals surface area contributed by atoms with Crippen LogP contribution in [0.25, 0.3) is 11.1 Å². The van der Waals surface area contributed by atoms with Crippen molar-refractivity contribution < 1.29 is 23.8 Å². The highest BCUT2D eigenvalue weighted by Gasteiger charge is 2.04. The van der Waals surface area contributed by atoms with Gasteiger partial charge in [0.15, 0.2) is 5.78 Å². The number of azo groups is 1. The Morgan fingerprint density at radius 3 is 1.34 bits per heavy atom. The smallest absolute Gasteiger partial charge is 0.333 e. The fourth-order valence-corrected chi connectivity index (χ4v) is 5.25. The summed E-state index contributed by atoms with van der Waals surface area (Å²) in [5, 5.41) is 8.78. The summed E-state index contributed by atoms with van der Waals surface area (Å²) in [4.78, 5) is 22.9. The third-order valence-corrected chi connectivity index (χ3v) is 8.35. The fourth-order valence-electron chi connectivity index (χ4n) is 5.25. The van der Waals surface area contributed by atoms with Gasteiger partial charge in [0.2, 0.25) is 0 Å². The number of benzene rings is 3. The van der Waals surface area contributed by atoms with E-state index in [2.05, 4.69) is 47.7 Å². The first-order valence-corrected chi connectivity index (χ1v) is 18.3. The van der Waals surface area contributed by atoms with Crippen molar-refractivity contribution in [2.24, 2.45) is 10.2 Å². The van der Waals surface area contributed by atoms with Gasteiger partial charge in [-0.2, -0.15) is 10.2 Å². The Labute approximate surface area is 299 Å². The third kappa shape index (κ3) is 16.7. The van der Waals surface area contributed by atoms with Crippen molar-refractivity contribution >= 4 is 23.1 Å². The van der Waals surface area contributed by atoms with Crippen LogP contribution in [0.1, 0.15) is 104 Å². The van der Waals surface area contributed by atoms with Gasteiger partial charge in [-0.1, -0.05) is 95.2 Å². The molecule has 0 atom stereocenters. The topological polar surface area (TPSA) is 86.6 Å². The number of hydrogen-bond acceptors (Lipinski definition) is 7.